The molecule has 2 saturated heterocycles. The summed E-state index contributed by atoms with van der Waals surface area (Å²) in [6, 6.07) is 0.763. The molecule has 0 saturated carbocycles. The van der Waals surface area contributed by atoms with Crippen molar-refractivity contribution in [2.24, 2.45) is 5.92 Å². The van der Waals surface area contributed by atoms with Crippen LogP contribution in [-0.4, -0.2) is 61.7 Å². The zero-order valence-corrected chi connectivity index (χ0v) is 11.6. The lowest BCUT2D eigenvalue weighted by Gasteiger charge is -2.41. The molecule has 0 aliphatic carbocycles. The summed E-state index contributed by atoms with van der Waals surface area (Å²) in [6.45, 7) is 13.4. The van der Waals surface area contributed by atoms with Crippen LogP contribution in [0.3, 0.4) is 0 Å². The molecule has 2 heterocycles. The minimum absolute atomic E-state index is 0.763. The molecule has 2 unspecified atom stereocenters. The smallest absolute Gasteiger partial charge is 0.0261 e. The van der Waals surface area contributed by atoms with Gasteiger partial charge in [-0.3, -0.25) is 4.90 Å². The molecule has 2 fully saturated rings. The second-order valence-electron chi connectivity index (χ2n) is 5.55. The van der Waals surface area contributed by atoms with Gasteiger partial charge in [0.1, 0.15) is 0 Å². The van der Waals surface area contributed by atoms with Gasteiger partial charge in [0, 0.05) is 19.1 Å². The molecule has 0 aromatic rings. The number of rotatable bonds is 5. The monoisotopic (exact) mass is 239 g/mol. The van der Waals surface area contributed by atoms with Crippen molar-refractivity contribution in [3.8, 4) is 0 Å². The summed E-state index contributed by atoms with van der Waals surface area (Å²) in [5.74, 6) is 0.884. The van der Waals surface area contributed by atoms with Gasteiger partial charge in [0.2, 0.25) is 0 Å². The van der Waals surface area contributed by atoms with E-state index in [1.165, 1.54) is 65.1 Å². The predicted molar refractivity (Wildman–Crippen MR) is 73.4 cm³/mol. The summed E-state index contributed by atoms with van der Waals surface area (Å²) in [5.41, 5.74) is 0. The van der Waals surface area contributed by atoms with Gasteiger partial charge in [0.15, 0.2) is 0 Å². The van der Waals surface area contributed by atoms with Crippen LogP contribution in [0, 0.1) is 5.92 Å². The predicted octanol–water partition coefficient (Wildman–Crippen LogP) is 1.40. The Labute approximate surface area is 107 Å². The van der Waals surface area contributed by atoms with Crippen molar-refractivity contribution in [2.45, 2.75) is 39.2 Å². The molecule has 2 atom stereocenters. The van der Waals surface area contributed by atoms with Crippen LogP contribution in [0.4, 0.5) is 0 Å². The second kappa shape index (κ2) is 6.72. The first kappa shape index (κ1) is 13.3. The average molecular weight is 239 g/mol. The number of nitrogens with zero attached hydrogens (tertiary/aromatic N) is 2. The quantitative estimate of drug-likeness (QED) is 0.782. The van der Waals surface area contributed by atoms with Gasteiger partial charge in [-0.1, -0.05) is 13.8 Å². The van der Waals surface area contributed by atoms with Crippen LogP contribution in [0.15, 0.2) is 0 Å². The highest BCUT2D eigenvalue weighted by molar-refractivity contribution is 4.87. The Bertz CT molecular complexity index is 210. The number of hydrogen-bond donors (Lipinski definition) is 1. The van der Waals surface area contributed by atoms with Gasteiger partial charge in [0.25, 0.3) is 0 Å². The van der Waals surface area contributed by atoms with E-state index in [2.05, 4.69) is 29.0 Å². The van der Waals surface area contributed by atoms with E-state index in [1.807, 2.05) is 0 Å². The van der Waals surface area contributed by atoms with Crippen LogP contribution in [0.2, 0.25) is 0 Å². The normalized spacial score (nSPS) is 31.2. The lowest BCUT2D eigenvalue weighted by atomic mass is 9.90. The third-order valence-corrected chi connectivity index (χ3v) is 4.56. The maximum atomic E-state index is 3.58. The van der Waals surface area contributed by atoms with E-state index in [-0.39, 0.29) is 0 Å². The molecule has 0 bridgehead atoms. The molecule has 0 aromatic heterocycles. The number of likely N-dealkylation sites (N-methyl/N-ethyl adjacent to an activating group) is 1. The Hall–Kier alpha value is -0.120. The largest absolute Gasteiger partial charge is 0.315 e. The molecule has 0 amide bonds. The van der Waals surface area contributed by atoms with Gasteiger partial charge < -0.3 is 10.2 Å². The molecule has 0 aromatic carbocycles. The zero-order valence-electron chi connectivity index (χ0n) is 11.6. The highest BCUT2D eigenvalue weighted by Gasteiger charge is 2.30. The van der Waals surface area contributed by atoms with E-state index >= 15 is 0 Å². The Morgan fingerprint density at radius 2 is 1.88 bits per heavy atom. The summed E-state index contributed by atoms with van der Waals surface area (Å²) in [4.78, 5) is 5.33. The summed E-state index contributed by atoms with van der Waals surface area (Å²) in [7, 11) is 0. The lowest BCUT2D eigenvalue weighted by molar-refractivity contribution is 0.100. The van der Waals surface area contributed by atoms with E-state index in [1.54, 1.807) is 0 Å². The van der Waals surface area contributed by atoms with Gasteiger partial charge in [0.05, 0.1) is 0 Å². The van der Waals surface area contributed by atoms with E-state index in [9.17, 15) is 0 Å². The zero-order chi connectivity index (χ0) is 12.1. The average Bonchev–Trinajstić information content (AvgIpc) is 2.86. The highest BCUT2D eigenvalue weighted by atomic mass is 15.2. The fourth-order valence-electron chi connectivity index (χ4n) is 3.53. The highest BCUT2D eigenvalue weighted by Crippen LogP contribution is 2.21. The third kappa shape index (κ3) is 3.43. The summed E-state index contributed by atoms with van der Waals surface area (Å²) < 4.78 is 0. The number of piperidine rings is 1. The molecule has 2 aliphatic rings. The Morgan fingerprint density at radius 3 is 2.53 bits per heavy atom. The van der Waals surface area contributed by atoms with E-state index in [0.29, 0.717) is 0 Å². The van der Waals surface area contributed by atoms with E-state index < -0.39 is 0 Å². The van der Waals surface area contributed by atoms with Gasteiger partial charge in [-0.15, -0.1) is 0 Å². The van der Waals surface area contributed by atoms with Gasteiger partial charge in [-0.25, -0.2) is 0 Å². The van der Waals surface area contributed by atoms with Crippen molar-refractivity contribution >= 4 is 0 Å². The first-order valence-electron chi connectivity index (χ1n) is 7.52. The van der Waals surface area contributed by atoms with Crippen LogP contribution in [0.25, 0.3) is 0 Å². The fourth-order valence-corrected chi connectivity index (χ4v) is 3.53. The molecule has 1 N–H and O–H groups in total. The van der Waals surface area contributed by atoms with Crippen LogP contribution in [-0.2, 0) is 0 Å². The first-order valence-corrected chi connectivity index (χ1v) is 7.52. The van der Waals surface area contributed by atoms with Crippen LogP contribution in [0.5, 0.6) is 0 Å². The third-order valence-electron chi connectivity index (χ3n) is 4.56. The lowest BCUT2D eigenvalue weighted by Crippen LogP contribution is -2.53. The molecule has 0 spiro atoms. The fraction of sp³-hybridized carbons (Fsp3) is 1.00. The molecular weight excluding hydrogens is 210 g/mol. The standard InChI is InChI=1S/C14H29N3/c1-3-17(4-2)14-11-15-8-7-13(14)12-16-9-5-6-10-16/h13-15H,3-12H2,1-2H3. The van der Waals surface area contributed by atoms with Crippen LogP contribution < -0.4 is 5.32 Å². The molecule has 2 rings (SSSR count). The van der Waals surface area contributed by atoms with Gasteiger partial charge >= 0.3 is 0 Å². The molecule has 3 heteroatoms. The van der Waals surface area contributed by atoms with Crippen molar-refractivity contribution < 1.29 is 0 Å². The molecular formula is C14H29N3. The summed E-state index contributed by atoms with van der Waals surface area (Å²) in [5, 5.41) is 3.58. The van der Waals surface area contributed by atoms with E-state index in [4.69, 9.17) is 0 Å². The maximum absolute atomic E-state index is 3.58. The maximum Gasteiger partial charge on any atom is 0.0261 e. The van der Waals surface area contributed by atoms with Crippen molar-refractivity contribution in [2.75, 3.05) is 45.8 Å². The topological polar surface area (TPSA) is 18.5 Å². The van der Waals surface area contributed by atoms with Gasteiger partial charge in [-0.05, 0) is 57.9 Å². The molecule has 3 nitrogen and oxygen atoms in total. The molecule has 17 heavy (non-hydrogen) atoms. The van der Waals surface area contributed by atoms with Crippen molar-refractivity contribution in [3.63, 3.8) is 0 Å². The van der Waals surface area contributed by atoms with Crippen molar-refractivity contribution in [3.05, 3.63) is 0 Å². The van der Waals surface area contributed by atoms with Crippen molar-refractivity contribution in [1.82, 2.24) is 15.1 Å². The van der Waals surface area contributed by atoms with Gasteiger partial charge in [-0.2, -0.15) is 0 Å². The first-order chi connectivity index (χ1) is 8.35. The summed E-state index contributed by atoms with van der Waals surface area (Å²) >= 11 is 0. The Balaban J connectivity index is 1.90. The molecule has 100 valence electrons. The minimum atomic E-state index is 0.763. The summed E-state index contributed by atoms with van der Waals surface area (Å²) in [6.07, 6.45) is 4.19. The number of hydrogen-bond acceptors (Lipinski definition) is 3. The Kier molecular flexibility index (Phi) is 5.26. The van der Waals surface area contributed by atoms with Crippen molar-refractivity contribution in [1.29, 1.82) is 0 Å². The SMILES string of the molecule is CCN(CC)C1CNCCC1CN1CCCC1. The molecule has 0 radical (unpaired) electrons. The second-order valence-corrected chi connectivity index (χ2v) is 5.55. The van der Waals surface area contributed by atoms with E-state index in [0.717, 1.165) is 12.0 Å². The molecule has 2 aliphatic heterocycles. The number of likely N-dealkylation sites (tertiary alicyclic amines) is 1. The Morgan fingerprint density at radius 1 is 1.18 bits per heavy atom. The van der Waals surface area contributed by atoms with Crippen LogP contribution in [0.1, 0.15) is 33.1 Å². The minimum Gasteiger partial charge on any atom is -0.315 e. The number of nitrogens with one attached hydrogen (secondary N) is 1. The van der Waals surface area contributed by atoms with Crippen LogP contribution >= 0.6 is 0 Å².